The van der Waals surface area contributed by atoms with Crippen LogP contribution in [0.25, 0.3) is 0 Å². The average molecular weight is 421 g/mol. The van der Waals surface area contributed by atoms with Crippen molar-refractivity contribution >= 4 is 11.6 Å². The van der Waals surface area contributed by atoms with Crippen molar-refractivity contribution in [2.75, 3.05) is 32.6 Å². The van der Waals surface area contributed by atoms with Crippen molar-refractivity contribution in [3.8, 4) is 23.0 Å². The van der Waals surface area contributed by atoms with Gasteiger partial charge in [-0.1, -0.05) is 36.4 Å². The fraction of sp³-hybridized carbons (Fsp3) is 0.240. The highest BCUT2D eigenvalue weighted by Gasteiger charge is 2.12. The van der Waals surface area contributed by atoms with Crippen LogP contribution in [-0.2, 0) is 11.3 Å². The van der Waals surface area contributed by atoms with E-state index in [2.05, 4.69) is 5.32 Å². The highest BCUT2D eigenvalue weighted by atomic mass is 16.5. The van der Waals surface area contributed by atoms with Gasteiger partial charge < -0.3 is 19.5 Å². The van der Waals surface area contributed by atoms with Gasteiger partial charge in [0, 0.05) is 6.54 Å². The number of likely N-dealkylation sites (N-methyl/N-ethyl adjacent to an activating group) is 1. The third-order valence-electron chi connectivity index (χ3n) is 4.53. The van der Waals surface area contributed by atoms with Crippen molar-refractivity contribution in [2.45, 2.75) is 13.5 Å². The maximum absolute atomic E-state index is 12.6. The van der Waals surface area contributed by atoms with Crippen LogP contribution in [0, 0.1) is 0 Å². The monoisotopic (exact) mass is 420 g/mol. The second-order valence-corrected chi connectivity index (χ2v) is 7.05. The van der Waals surface area contributed by atoms with E-state index in [0.29, 0.717) is 41.8 Å². The number of benzene rings is 3. The van der Waals surface area contributed by atoms with Gasteiger partial charge in [-0.3, -0.25) is 9.69 Å². The summed E-state index contributed by atoms with van der Waals surface area (Å²) in [6.45, 7) is 3.33. The first-order valence-corrected chi connectivity index (χ1v) is 10.2. The van der Waals surface area contributed by atoms with E-state index in [0.717, 1.165) is 5.56 Å². The van der Waals surface area contributed by atoms with E-state index in [1.807, 2.05) is 91.7 Å². The van der Waals surface area contributed by atoms with Crippen LogP contribution in [0.1, 0.15) is 12.5 Å². The second-order valence-electron chi connectivity index (χ2n) is 7.05. The largest absolute Gasteiger partial charge is 0.493 e. The van der Waals surface area contributed by atoms with Crippen molar-refractivity contribution in [1.29, 1.82) is 0 Å². The lowest BCUT2D eigenvalue weighted by molar-refractivity contribution is -0.117. The Labute approximate surface area is 183 Å². The summed E-state index contributed by atoms with van der Waals surface area (Å²) in [5, 5.41) is 2.95. The van der Waals surface area contributed by atoms with Gasteiger partial charge in [0.05, 0.1) is 25.9 Å². The fourth-order valence-corrected chi connectivity index (χ4v) is 3.16. The van der Waals surface area contributed by atoms with Gasteiger partial charge in [-0.05, 0) is 55.9 Å². The number of carbonyl (C=O) groups is 1. The minimum atomic E-state index is -0.121. The summed E-state index contributed by atoms with van der Waals surface area (Å²) in [4.78, 5) is 14.6. The Hall–Kier alpha value is -3.51. The average Bonchev–Trinajstić information content (AvgIpc) is 2.77. The van der Waals surface area contributed by atoms with E-state index in [1.54, 1.807) is 7.11 Å². The molecule has 0 radical (unpaired) electrons. The van der Waals surface area contributed by atoms with Crippen molar-refractivity contribution in [2.24, 2.45) is 0 Å². The molecule has 31 heavy (non-hydrogen) atoms. The SMILES string of the molecule is CCOc1ccc(CN(C)CC(=O)Nc2ccccc2Oc2ccccc2)cc1OC. The lowest BCUT2D eigenvalue weighted by Gasteiger charge is -2.18. The number of amides is 1. The molecule has 1 N–H and O–H groups in total. The highest BCUT2D eigenvalue weighted by Crippen LogP contribution is 2.30. The minimum Gasteiger partial charge on any atom is -0.493 e. The molecule has 0 saturated heterocycles. The molecule has 0 aliphatic rings. The van der Waals surface area contributed by atoms with Crippen LogP contribution in [0.15, 0.2) is 72.8 Å². The summed E-state index contributed by atoms with van der Waals surface area (Å²) in [5.41, 5.74) is 1.66. The summed E-state index contributed by atoms with van der Waals surface area (Å²) < 4.78 is 16.9. The van der Waals surface area contributed by atoms with Gasteiger partial charge in [0.2, 0.25) is 5.91 Å². The molecule has 0 bridgehead atoms. The highest BCUT2D eigenvalue weighted by molar-refractivity contribution is 5.93. The Morgan fingerprint density at radius 3 is 2.42 bits per heavy atom. The van der Waals surface area contributed by atoms with Crippen LogP contribution in [0.5, 0.6) is 23.0 Å². The van der Waals surface area contributed by atoms with Crippen LogP contribution in [0.3, 0.4) is 0 Å². The van der Waals surface area contributed by atoms with Crippen LogP contribution < -0.4 is 19.5 Å². The number of hydrogen-bond donors (Lipinski definition) is 1. The normalized spacial score (nSPS) is 10.6. The van der Waals surface area contributed by atoms with E-state index in [1.165, 1.54) is 0 Å². The van der Waals surface area contributed by atoms with E-state index in [9.17, 15) is 4.79 Å². The van der Waals surface area contributed by atoms with Gasteiger partial charge in [0.25, 0.3) is 0 Å². The zero-order chi connectivity index (χ0) is 22.1. The van der Waals surface area contributed by atoms with E-state index in [-0.39, 0.29) is 12.5 Å². The van der Waals surface area contributed by atoms with Gasteiger partial charge in [-0.15, -0.1) is 0 Å². The van der Waals surface area contributed by atoms with Gasteiger partial charge in [0.1, 0.15) is 5.75 Å². The zero-order valence-electron chi connectivity index (χ0n) is 18.1. The molecule has 0 fully saturated rings. The first-order chi connectivity index (χ1) is 15.1. The lowest BCUT2D eigenvalue weighted by atomic mass is 10.2. The lowest BCUT2D eigenvalue weighted by Crippen LogP contribution is -2.29. The number of carbonyl (C=O) groups excluding carboxylic acids is 1. The van der Waals surface area contributed by atoms with Crippen LogP contribution in [0.4, 0.5) is 5.69 Å². The quantitative estimate of drug-likeness (QED) is 0.503. The van der Waals surface area contributed by atoms with Crippen molar-refractivity contribution in [1.82, 2.24) is 4.90 Å². The molecule has 0 aromatic heterocycles. The Balaban J connectivity index is 1.60. The smallest absolute Gasteiger partial charge is 0.238 e. The molecule has 0 unspecified atom stereocenters. The van der Waals surface area contributed by atoms with Crippen molar-refractivity contribution < 1.29 is 19.0 Å². The van der Waals surface area contributed by atoms with Gasteiger partial charge in [-0.2, -0.15) is 0 Å². The molecule has 3 rings (SSSR count). The number of ether oxygens (including phenoxy) is 3. The standard InChI is InChI=1S/C25H28N2O4/c1-4-30-23-15-14-19(16-24(23)29-3)17-27(2)18-25(28)26-21-12-8-9-13-22(21)31-20-10-6-5-7-11-20/h5-16H,4,17-18H2,1-3H3,(H,26,28). The van der Waals surface area contributed by atoms with Crippen LogP contribution >= 0.6 is 0 Å². The third-order valence-corrected chi connectivity index (χ3v) is 4.53. The number of rotatable bonds is 10. The molecule has 6 heteroatoms. The second kappa shape index (κ2) is 11.0. The van der Waals surface area contributed by atoms with E-state index < -0.39 is 0 Å². The number of nitrogens with one attached hydrogen (secondary N) is 1. The molecule has 0 atom stereocenters. The molecule has 162 valence electrons. The predicted octanol–water partition coefficient (Wildman–Crippen LogP) is 4.96. The molecule has 0 heterocycles. The zero-order valence-corrected chi connectivity index (χ0v) is 18.1. The summed E-state index contributed by atoms with van der Waals surface area (Å²) in [6.07, 6.45) is 0. The van der Waals surface area contributed by atoms with Gasteiger partial charge in [0.15, 0.2) is 17.2 Å². The van der Waals surface area contributed by atoms with E-state index >= 15 is 0 Å². The maximum Gasteiger partial charge on any atom is 0.238 e. The van der Waals surface area contributed by atoms with Crippen LogP contribution in [-0.4, -0.2) is 38.1 Å². The third kappa shape index (κ3) is 6.49. The minimum absolute atomic E-state index is 0.121. The summed E-state index contributed by atoms with van der Waals surface area (Å²) in [6, 6.07) is 22.7. The maximum atomic E-state index is 12.6. The Kier molecular flexibility index (Phi) is 7.90. The predicted molar refractivity (Wildman–Crippen MR) is 122 cm³/mol. The molecule has 0 aliphatic heterocycles. The Morgan fingerprint density at radius 1 is 0.935 bits per heavy atom. The summed E-state index contributed by atoms with van der Waals surface area (Å²) in [7, 11) is 3.52. The first-order valence-electron chi connectivity index (χ1n) is 10.2. The molecule has 0 saturated carbocycles. The van der Waals surface area contributed by atoms with Gasteiger partial charge >= 0.3 is 0 Å². The molecular formula is C25H28N2O4. The molecule has 0 spiro atoms. The van der Waals surface area contributed by atoms with E-state index in [4.69, 9.17) is 14.2 Å². The molecule has 3 aromatic rings. The Bertz CT molecular complexity index is 992. The molecule has 0 aliphatic carbocycles. The fourth-order valence-electron chi connectivity index (χ4n) is 3.16. The number of anilines is 1. The number of para-hydroxylation sites is 3. The summed E-state index contributed by atoms with van der Waals surface area (Å²) in [5.74, 6) is 2.59. The molecule has 3 aromatic carbocycles. The molecular weight excluding hydrogens is 392 g/mol. The van der Waals surface area contributed by atoms with Crippen molar-refractivity contribution in [3.63, 3.8) is 0 Å². The Morgan fingerprint density at radius 2 is 1.68 bits per heavy atom. The number of nitrogens with zero attached hydrogens (tertiary/aromatic N) is 1. The molecule has 1 amide bonds. The summed E-state index contributed by atoms with van der Waals surface area (Å²) >= 11 is 0. The number of hydrogen-bond acceptors (Lipinski definition) is 5. The topological polar surface area (TPSA) is 60.0 Å². The number of methoxy groups -OCH3 is 1. The molecule has 6 nitrogen and oxygen atoms in total. The van der Waals surface area contributed by atoms with Crippen LogP contribution in [0.2, 0.25) is 0 Å². The van der Waals surface area contributed by atoms with Gasteiger partial charge in [-0.25, -0.2) is 0 Å². The first kappa shape index (κ1) is 22.2. The van der Waals surface area contributed by atoms with Crippen molar-refractivity contribution in [3.05, 3.63) is 78.4 Å².